The Morgan fingerprint density at radius 2 is 1.76 bits per heavy atom. The number of aromatic nitrogens is 2. The van der Waals surface area contributed by atoms with Gasteiger partial charge >= 0.3 is 6.18 Å². The fourth-order valence-corrected chi connectivity index (χ4v) is 3.46. The lowest BCUT2D eigenvalue weighted by Gasteiger charge is -2.20. The summed E-state index contributed by atoms with van der Waals surface area (Å²) in [4.78, 5) is 17.4. The van der Waals surface area contributed by atoms with Gasteiger partial charge in [0.05, 0.1) is 11.2 Å². The van der Waals surface area contributed by atoms with E-state index in [1.807, 2.05) is 43.2 Å². The molecule has 0 radical (unpaired) electrons. The van der Waals surface area contributed by atoms with Gasteiger partial charge in [0.25, 0.3) is 5.91 Å². The smallest absolute Gasteiger partial charge is 0.386 e. The first-order valence-corrected chi connectivity index (χ1v) is 11.0. The van der Waals surface area contributed by atoms with Crippen LogP contribution < -0.4 is 5.49 Å². The quantitative estimate of drug-likeness (QED) is 0.615. The number of nitrogens with zero attached hydrogens (tertiary/aromatic N) is 3. The molecular weight excluding hydrogens is 431 g/mol. The summed E-state index contributed by atoms with van der Waals surface area (Å²) in [5.74, 6) is -0.771. The first-order valence-electron chi connectivity index (χ1n) is 11.0. The van der Waals surface area contributed by atoms with Gasteiger partial charge in [0, 0.05) is 36.3 Å². The van der Waals surface area contributed by atoms with Crippen molar-refractivity contribution in [3.8, 4) is 0 Å². The van der Waals surface area contributed by atoms with Crippen molar-refractivity contribution >= 4 is 12.0 Å². The number of carbonyl (C=O) groups excluding carboxylic acids is 1. The molecule has 1 heterocycles. The number of hydrogen-bond acceptors (Lipinski definition) is 2. The Labute approximate surface area is 193 Å². The number of benzene rings is 1. The van der Waals surface area contributed by atoms with Crippen LogP contribution in [0.1, 0.15) is 81.6 Å². The molecule has 1 amide bonds. The molecule has 0 saturated carbocycles. The molecule has 8 heteroatoms. The molecule has 2 aromatic rings. The molecule has 0 aliphatic carbocycles. The number of hydrogen-bond donors (Lipinski definition) is 1. The number of rotatable bonds is 6. The molecule has 5 nitrogen and oxygen atoms in total. The number of amides is 1. The second-order valence-corrected chi connectivity index (χ2v) is 9.84. The summed E-state index contributed by atoms with van der Waals surface area (Å²) in [6, 6.07) is 4.78. The zero-order chi connectivity index (χ0) is 25.2. The maximum Gasteiger partial charge on any atom is 0.416 e. The molecule has 0 bridgehead atoms. The summed E-state index contributed by atoms with van der Waals surface area (Å²) < 4.78 is 43.9. The van der Waals surface area contributed by atoms with Crippen molar-refractivity contribution in [3.63, 3.8) is 0 Å². The molecule has 2 rings (SSSR count). The highest BCUT2D eigenvalue weighted by Gasteiger charge is 2.31. The summed E-state index contributed by atoms with van der Waals surface area (Å²) in [5.41, 5.74) is -0.893. The van der Waals surface area contributed by atoms with Crippen LogP contribution in [0.3, 0.4) is 0 Å². The zero-order valence-electron chi connectivity index (χ0n) is 20.4. The van der Waals surface area contributed by atoms with Gasteiger partial charge in [-0.05, 0) is 38.0 Å². The predicted octanol–water partition coefficient (Wildman–Crippen LogP) is 5.47. The summed E-state index contributed by atoms with van der Waals surface area (Å²) in [6.07, 6.45) is 0.0796. The Balaban J connectivity index is 2.70. The predicted molar refractivity (Wildman–Crippen MR) is 124 cm³/mol. The standard InChI is InChI=1S/C25H34F3N3O2/c1-8-9-14-31-21(16-20(30(31)7)23(2,3)4)29-22(32)19-15-18(25(26,27)28)11-10-17(19)12-13-24(5,6)33/h10-13,15-16,33H,8-9,14H2,1-7H3/b13-12+,29-21+. The summed E-state index contributed by atoms with van der Waals surface area (Å²) in [6.45, 7) is 11.9. The van der Waals surface area contributed by atoms with Gasteiger partial charge in [0.2, 0.25) is 0 Å². The average Bonchev–Trinajstić information content (AvgIpc) is 2.98. The van der Waals surface area contributed by atoms with Crippen LogP contribution in [0, 0.1) is 0 Å². The largest absolute Gasteiger partial charge is 0.416 e. The third-order valence-corrected chi connectivity index (χ3v) is 5.23. The number of alkyl halides is 3. The number of unbranched alkanes of at least 4 members (excludes halogenated alkanes) is 1. The Kier molecular flexibility index (Phi) is 7.84. The Bertz CT molecular complexity index is 1090. The van der Waals surface area contributed by atoms with E-state index in [0.29, 0.717) is 12.0 Å². The van der Waals surface area contributed by atoms with Gasteiger partial charge in [-0.2, -0.15) is 18.2 Å². The van der Waals surface area contributed by atoms with Crippen molar-refractivity contribution in [1.29, 1.82) is 0 Å². The molecule has 0 unspecified atom stereocenters. The lowest BCUT2D eigenvalue weighted by molar-refractivity contribution is -0.137. The highest BCUT2D eigenvalue weighted by Crippen LogP contribution is 2.31. The van der Waals surface area contributed by atoms with E-state index in [4.69, 9.17) is 0 Å². The molecule has 0 atom stereocenters. The Hall–Kier alpha value is -2.61. The molecule has 1 aromatic carbocycles. The fraction of sp³-hybridized carbons (Fsp3) is 0.520. The van der Waals surface area contributed by atoms with Crippen LogP contribution in [0.5, 0.6) is 0 Å². The minimum absolute atomic E-state index is 0.173. The highest BCUT2D eigenvalue weighted by molar-refractivity contribution is 5.98. The van der Waals surface area contributed by atoms with Crippen molar-refractivity contribution in [2.45, 2.75) is 78.1 Å². The topological polar surface area (TPSA) is 59.5 Å². The molecule has 1 aromatic heterocycles. The molecule has 0 spiro atoms. The van der Waals surface area contributed by atoms with E-state index in [2.05, 4.69) is 11.9 Å². The third kappa shape index (κ3) is 6.93. The van der Waals surface area contributed by atoms with E-state index in [9.17, 15) is 23.1 Å². The van der Waals surface area contributed by atoms with E-state index in [1.54, 1.807) is 0 Å². The zero-order valence-corrected chi connectivity index (χ0v) is 20.4. The fourth-order valence-electron chi connectivity index (χ4n) is 3.46. The van der Waals surface area contributed by atoms with Crippen LogP contribution in [0.2, 0.25) is 0 Å². The Morgan fingerprint density at radius 1 is 1.12 bits per heavy atom. The van der Waals surface area contributed by atoms with Gasteiger partial charge < -0.3 is 5.11 Å². The first kappa shape index (κ1) is 26.6. The minimum Gasteiger partial charge on any atom is -0.386 e. The number of halogens is 3. The van der Waals surface area contributed by atoms with Crippen LogP contribution in [0.15, 0.2) is 35.3 Å². The van der Waals surface area contributed by atoms with Gasteiger partial charge in [-0.15, -0.1) is 0 Å². The summed E-state index contributed by atoms with van der Waals surface area (Å²) in [5, 5.41) is 9.97. The molecule has 0 saturated heterocycles. The second kappa shape index (κ2) is 9.71. The highest BCUT2D eigenvalue weighted by atomic mass is 19.4. The van der Waals surface area contributed by atoms with Crippen molar-refractivity contribution in [2.75, 3.05) is 0 Å². The van der Waals surface area contributed by atoms with Crippen LogP contribution in [0.25, 0.3) is 6.08 Å². The van der Waals surface area contributed by atoms with E-state index >= 15 is 0 Å². The third-order valence-electron chi connectivity index (χ3n) is 5.23. The van der Waals surface area contributed by atoms with Crippen molar-refractivity contribution in [2.24, 2.45) is 12.0 Å². The van der Waals surface area contributed by atoms with E-state index < -0.39 is 23.2 Å². The van der Waals surface area contributed by atoms with Gasteiger partial charge in [-0.3, -0.25) is 14.2 Å². The lowest BCUT2D eigenvalue weighted by Crippen LogP contribution is -2.25. The monoisotopic (exact) mass is 465 g/mol. The van der Waals surface area contributed by atoms with Gasteiger partial charge in [-0.25, -0.2) is 0 Å². The maximum atomic E-state index is 13.3. The second-order valence-electron chi connectivity index (χ2n) is 9.84. The van der Waals surface area contributed by atoms with Crippen LogP contribution in [-0.2, 0) is 25.2 Å². The molecular formula is C25H34F3N3O2. The molecule has 0 aliphatic rings. The van der Waals surface area contributed by atoms with E-state index in [-0.39, 0.29) is 16.5 Å². The van der Waals surface area contributed by atoms with Crippen molar-refractivity contribution in [1.82, 2.24) is 9.36 Å². The van der Waals surface area contributed by atoms with Crippen molar-refractivity contribution < 1.29 is 23.1 Å². The number of aliphatic hydroxyl groups is 1. The number of carbonyl (C=O) groups is 1. The summed E-state index contributed by atoms with van der Waals surface area (Å²) >= 11 is 0. The minimum atomic E-state index is -4.60. The van der Waals surface area contributed by atoms with Gasteiger partial charge in [0.1, 0.15) is 0 Å². The molecule has 33 heavy (non-hydrogen) atoms. The van der Waals surface area contributed by atoms with E-state index in [0.717, 1.165) is 30.7 Å². The molecule has 0 fully saturated rings. The van der Waals surface area contributed by atoms with Gasteiger partial charge in [-0.1, -0.05) is 52.3 Å². The molecule has 182 valence electrons. The van der Waals surface area contributed by atoms with Crippen molar-refractivity contribution in [3.05, 3.63) is 58.2 Å². The van der Waals surface area contributed by atoms with E-state index in [1.165, 1.54) is 32.1 Å². The van der Waals surface area contributed by atoms with Crippen LogP contribution in [-0.4, -0.2) is 26.0 Å². The molecule has 1 N–H and O–H groups in total. The lowest BCUT2D eigenvalue weighted by atomic mass is 9.92. The average molecular weight is 466 g/mol. The van der Waals surface area contributed by atoms with Gasteiger partial charge in [0.15, 0.2) is 5.49 Å². The summed E-state index contributed by atoms with van der Waals surface area (Å²) in [7, 11) is 1.89. The first-order chi connectivity index (χ1) is 15.0. The van der Waals surface area contributed by atoms with Crippen LogP contribution >= 0.6 is 0 Å². The normalized spacial score (nSPS) is 13.8. The molecule has 0 aliphatic heterocycles. The SMILES string of the molecule is CCCCn1/c(=N/C(=O)c2cc(C(F)(F)F)ccc2/C=C/C(C)(C)O)cc(C(C)(C)C)n1C. The maximum absolute atomic E-state index is 13.3. The van der Waals surface area contributed by atoms with Crippen LogP contribution in [0.4, 0.5) is 13.2 Å². The Morgan fingerprint density at radius 3 is 2.27 bits per heavy atom.